The van der Waals surface area contributed by atoms with Gasteiger partial charge in [0, 0.05) is 49.9 Å². The van der Waals surface area contributed by atoms with Crippen LogP contribution >= 0.6 is 0 Å². The second-order valence-corrected chi connectivity index (χ2v) is 8.15. The molecule has 2 saturated heterocycles. The Kier molecular flexibility index (Phi) is 4.37. The minimum Gasteiger partial charge on any atom is -0.339 e. The summed E-state index contributed by atoms with van der Waals surface area (Å²) < 4.78 is 2.24. The van der Waals surface area contributed by atoms with Crippen LogP contribution in [0.2, 0.25) is 0 Å². The van der Waals surface area contributed by atoms with Crippen LogP contribution in [0.15, 0.2) is 12.4 Å². The van der Waals surface area contributed by atoms with Gasteiger partial charge in [0.15, 0.2) is 0 Å². The Morgan fingerprint density at radius 2 is 2.12 bits per heavy atom. The zero-order valence-corrected chi connectivity index (χ0v) is 14.9. The Bertz CT molecular complexity index is 594. The molecule has 24 heavy (non-hydrogen) atoms. The Morgan fingerprint density at radius 3 is 2.88 bits per heavy atom. The molecule has 3 aliphatic rings. The maximum Gasteiger partial charge on any atom is 0.222 e. The number of aryl methyl sites for hydroxylation is 2. The summed E-state index contributed by atoms with van der Waals surface area (Å²) in [6.07, 6.45) is 12.1. The first kappa shape index (κ1) is 16.1. The van der Waals surface area contributed by atoms with Crippen molar-refractivity contribution in [1.29, 1.82) is 0 Å². The summed E-state index contributed by atoms with van der Waals surface area (Å²) in [5.74, 6) is 1.52. The van der Waals surface area contributed by atoms with Crippen LogP contribution < -0.4 is 0 Å². The highest BCUT2D eigenvalue weighted by Crippen LogP contribution is 2.42. The van der Waals surface area contributed by atoms with E-state index in [-0.39, 0.29) is 0 Å². The molecule has 1 saturated carbocycles. The standard InChI is InChI=1S/C19H30N4O/c1-16-20-9-13-22(16)12-3-11-21-10-2-7-19(14-21)8-6-18(24)23(15-19)17-4-5-17/h9,13,17H,2-8,10-12,14-15H2,1H3/t19-/m1/s1. The van der Waals surface area contributed by atoms with E-state index in [1.165, 1.54) is 45.2 Å². The molecule has 0 unspecified atom stereocenters. The fourth-order valence-corrected chi connectivity index (χ4v) is 4.70. The number of aromatic nitrogens is 2. The molecule has 1 spiro atoms. The summed E-state index contributed by atoms with van der Waals surface area (Å²) in [7, 11) is 0. The summed E-state index contributed by atoms with van der Waals surface area (Å²) >= 11 is 0. The van der Waals surface area contributed by atoms with Crippen molar-refractivity contribution in [1.82, 2.24) is 19.4 Å². The van der Waals surface area contributed by atoms with Crippen molar-refractivity contribution < 1.29 is 4.79 Å². The van der Waals surface area contributed by atoms with E-state index in [0.717, 1.165) is 38.3 Å². The highest BCUT2D eigenvalue weighted by Gasteiger charge is 2.45. The molecule has 1 aromatic heterocycles. The predicted octanol–water partition coefficient (Wildman–Crippen LogP) is 2.45. The largest absolute Gasteiger partial charge is 0.339 e. The number of rotatable bonds is 5. The molecule has 4 rings (SSSR count). The fraction of sp³-hybridized carbons (Fsp3) is 0.789. The van der Waals surface area contributed by atoms with Gasteiger partial charge in [-0.2, -0.15) is 0 Å². The van der Waals surface area contributed by atoms with Gasteiger partial charge >= 0.3 is 0 Å². The zero-order valence-electron chi connectivity index (χ0n) is 14.9. The molecule has 1 amide bonds. The average molecular weight is 330 g/mol. The number of carbonyl (C=O) groups is 1. The first-order chi connectivity index (χ1) is 11.7. The van der Waals surface area contributed by atoms with E-state index >= 15 is 0 Å². The maximum atomic E-state index is 12.2. The number of nitrogens with zero attached hydrogens (tertiary/aromatic N) is 4. The van der Waals surface area contributed by atoms with E-state index in [1.54, 1.807) is 0 Å². The van der Waals surface area contributed by atoms with Gasteiger partial charge in [0.25, 0.3) is 0 Å². The van der Waals surface area contributed by atoms with Crippen LogP contribution in [0.1, 0.15) is 50.8 Å². The van der Waals surface area contributed by atoms with Crippen molar-refractivity contribution in [3.8, 4) is 0 Å². The molecule has 132 valence electrons. The van der Waals surface area contributed by atoms with Crippen LogP contribution in [-0.4, -0.2) is 57.5 Å². The van der Waals surface area contributed by atoms with Gasteiger partial charge in [-0.25, -0.2) is 4.98 Å². The first-order valence-corrected chi connectivity index (χ1v) is 9.65. The molecule has 0 bridgehead atoms. The molecule has 1 aromatic rings. The maximum absolute atomic E-state index is 12.2. The molecule has 1 aliphatic carbocycles. The molecule has 0 aromatic carbocycles. The number of piperidine rings is 2. The molecular weight excluding hydrogens is 300 g/mol. The summed E-state index contributed by atoms with van der Waals surface area (Å²) in [5.41, 5.74) is 0.375. The lowest BCUT2D eigenvalue weighted by Crippen LogP contribution is -2.54. The van der Waals surface area contributed by atoms with Gasteiger partial charge in [0.1, 0.15) is 5.82 Å². The number of likely N-dealkylation sites (tertiary alicyclic amines) is 2. The Hall–Kier alpha value is -1.36. The third kappa shape index (κ3) is 3.37. The molecule has 0 N–H and O–H groups in total. The molecule has 2 aliphatic heterocycles. The van der Waals surface area contributed by atoms with E-state index in [0.29, 0.717) is 17.4 Å². The van der Waals surface area contributed by atoms with Crippen LogP contribution in [0.5, 0.6) is 0 Å². The monoisotopic (exact) mass is 330 g/mol. The van der Waals surface area contributed by atoms with Gasteiger partial charge in [0.05, 0.1) is 0 Å². The lowest BCUT2D eigenvalue weighted by Gasteiger charge is -2.48. The first-order valence-electron chi connectivity index (χ1n) is 9.65. The number of imidazole rings is 1. The van der Waals surface area contributed by atoms with E-state index in [2.05, 4.69) is 32.5 Å². The van der Waals surface area contributed by atoms with Crippen molar-refractivity contribution in [2.24, 2.45) is 5.41 Å². The van der Waals surface area contributed by atoms with Gasteiger partial charge in [-0.1, -0.05) is 0 Å². The highest BCUT2D eigenvalue weighted by molar-refractivity contribution is 5.78. The SMILES string of the molecule is Cc1nccn1CCCN1CCC[C@@]2(CCC(=O)N(C3CC3)C2)C1. The van der Waals surface area contributed by atoms with E-state index in [4.69, 9.17) is 0 Å². The number of hydrogen-bond acceptors (Lipinski definition) is 3. The normalized spacial score (nSPS) is 28.7. The third-order valence-electron chi connectivity index (χ3n) is 6.22. The molecule has 3 heterocycles. The van der Waals surface area contributed by atoms with Gasteiger partial charge in [-0.3, -0.25) is 4.79 Å². The summed E-state index contributed by atoms with van der Waals surface area (Å²) in [5, 5.41) is 0. The van der Waals surface area contributed by atoms with Crippen molar-refractivity contribution in [3.63, 3.8) is 0 Å². The van der Waals surface area contributed by atoms with Crippen molar-refractivity contribution in [3.05, 3.63) is 18.2 Å². The fourth-order valence-electron chi connectivity index (χ4n) is 4.70. The summed E-state index contributed by atoms with van der Waals surface area (Å²) in [6.45, 7) is 7.72. The molecular formula is C19H30N4O. The van der Waals surface area contributed by atoms with Crippen LogP contribution in [0.4, 0.5) is 0 Å². The minimum atomic E-state index is 0.375. The Balaban J connectivity index is 1.31. The Labute approximate surface area is 145 Å². The van der Waals surface area contributed by atoms with Gasteiger partial charge < -0.3 is 14.4 Å². The Morgan fingerprint density at radius 1 is 1.25 bits per heavy atom. The van der Waals surface area contributed by atoms with Crippen LogP contribution in [-0.2, 0) is 11.3 Å². The van der Waals surface area contributed by atoms with Gasteiger partial charge in [-0.05, 0) is 58.5 Å². The predicted molar refractivity (Wildman–Crippen MR) is 93.7 cm³/mol. The van der Waals surface area contributed by atoms with Crippen molar-refractivity contribution in [2.45, 2.75) is 64.5 Å². The number of carbonyl (C=O) groups excluding carboxylic acids is 1. The topological polar surface area (TPSA) is 41.4 Å². The van der Waals surface area contributed by atoms with Crippen LogP contribution in [0.25, 0.3) is 0 Å². The van der Waals surface area contributed by atoms with E-state index < -0.39 is 0 Å². The second kappa shape index (κ2) is 6.51. The number of hydrogen-bond donors (Lipinski definition) is 0. The van der Waals surface area contributed by atoms with Crippen LogP contribution in [0, 0.1) is 12.3 Å². The van der Waals surface area contributed by atoms with Gasteiger partial charge in [0.2, 0.25) is 5.91 Å². The van der Waals surface area contributed by atoms with E-state index in [9.17, 15) is 4.79 Å². The lowest BCUT2D eigenvalue weighted by molar-refractivity contribution is -0.140. The van der Waals surface area contributed by atoms with E-state index in [1.807, 2.05) is 6.20 Å². The van der Waals surface area contributed by atoms with Crippen molar-refractivity contribution in [2.75, 3.05) is 26.2 Å². The third-order valence-corrected chi connectivity index (χ3v) is 6.22. The molecule has 0 radical (unpaired) electrons. The highest BCUT2D eigenvalue weighted by atomic mass is 16.2. The molecule has 5 nitrogen and oxygen atoms in total. The lowest BCUT2D eigenvalue weighted by atomic mass is 9.73. The molecule has 5 heteroatoms. The second-order valence-electron chi connectivity index (χ2n) is 8.15. The average Bonchev–Trinajstić information content (AvgIpc) is 3.34. The zero-order chi connectivity index (χ0) is 16.6. The van der Waals surface area contributed by atoms with Gasteiger partial charge in [-0.15, -0.1) is 0 Å². The van der Waals surface area contributed by atoms with Crippen molar-refractivity contribution >= 4 is 5.91 Å². The minimum absolute atomic E-state index is 0.375. The smallest absolute Gasteiger partial charge is 0.222 e. The quantitative estimate of drug-likeness (QED) is 0.833. The molecule has 1 atom stereocenters. The number of amides is 1. The summed E-state index contributed by atoms with van der Waals surface area (Å²) in [4.78, 5) is 21.4. The van der Waals surface area contributed by atoms with Crippen LogP contribution in [0.3, 0.4) is 0 Å². The summed E-state index contributed by atoms with van der Waals surface area (Å²) in [6, 6.07) is 0.578. The molecule has 3 fully saturated rings.